The summed E-state index contributed by atoms with van der Waals surface area (Å²) in [5.74, 6) is 1.91. The van der Waals surface area contributed by atoms with Crippen LogP contribution in [-0.4, -0.2) is 20.7 Å². The number of nitrogens with one attached hydrogen (secondary N) is 1. The molecule has 0 saturated carbocycles. The summed E-state index contributed by atoms with van der Waals surface area (Å²) in [6.45, 7) is 10.4. The fourth-order valence-corrected chi connectivity index (χ4v) is 3.26. The van der Waals surface area contributed by atoms with Crippen molar-refractivity contribution >= 4 is 0 Å². The molecule has 2 unspecified atom stereocenters. The van der Waals surface area contributed by atoms with Gasteiger partial charge in [0.05, 0.1) is 5.69 Å². The lowest BCUT2D eigenvalue weighted by Crippen LogP contribution is -2.31. The van der Waals surface area contributed by atoms with Gasteiger partial charge in [0.2, 0.25) is 0 Å². The third-order valence-electron chi connectivity index (χ3n) is 4.72. The van der Waals surface area contributed by atoms with Gasteiger partial charge in [-0.05, 0) is 58.7 Å². The zero-order valence-electron chi connectivity index (χ0n) is 15.6. The minimum Gasteiger partial charge on any atom is -0.361 e. The molecule has 1 N–H and O–H groups in total. The third-order valence-corrected chi connectivity index (χ3v) is 4.72. The molecule has 0 aliphatic rings. The van der Waals surface area contributed by atoms with Crippen LogP contribution in [0.1, 0.15) is 48.3 Å². The highest BCUT2D eigenvalue weighted by Gasteiger charge is 2.15. The molecule has 2 aromatic heterocycles. The summed E-state index contributed by atoms with van der Waals surface area (Å²) >= 11 is 0. The van der Waals surface area contributed by atoms with Crippen LogP contribution in [0.4, 0.5) is 0 Å². The van der Waals surface area contributed by atoms with E-state index in [1.807, 2.05) is 33.2 Å². The van der Waals surface area contributed by atoms with Crippen LogP contribution in [-0.2, 0) is 6.42 Å². The van der Waals surface area contributed by atoms with Gasteiger partial charge in [0, 0.05) is 35.7 Å². The van der Waals surface area contributed by atoms with E-state index in [1.165, 1.54) is 11.1 Å². The minimum absolute atomic E-state index is 0.272. The number of imidazole rings is 1. The first kappa shape index (κ1) is 17.4. The van der Waals surface area contributed by atoms with Gasteiger partial charge in [-0.3, -0.25) is 0 Å². The molecule has 3 aromatic rings. The van der Waals surface area contributed by atoms with Gasteiger partial charge < -0.3 is 14.4 Å². The van der Waals surface area contributed by atoms with Crippen molar-refractivity contribution in [3.05, 3.63) is 65.1 Å². The van der Waals surface area contributed by atoms with Crippen molar-refractivity contribution in [3.63, 3.8) is 0 Å². The molecule has 0 bridgehead atoms. The number of hydrogen-bond acceptors (Lipinski definition) is 4. The predicted molar refractivity (Wildman–Crippen MR) is 99.0 cm³/mol. The van der Waals surface area contributed by atoms with Crippen molar-refractivity contribution in [1.29, 1.82) is 0 Å². The molecule has 0 spiro atoms. The van der Waals surface area contributed by atoms with E-state index >= 15 is 0 Å². The second kappa shape index (κ2) is 7.23. The Morgan fingerprint density at radius 3 is 2.40 bits per heavy atom. The maximum Gasteiger partial charge on any atom is 0.137 e. The Labute approximate surface area is 149 Å². The Bertz CT molecular complexity index is 812. The average Bonchev–Trinajstić information content (AvgIpc) is 3.15. The monoisotopic (exact) mass is 338 g/mol. The topological polar surface area (TPSA) is 55.9 Å². The van der Waals surface area contributed by atoms with Crippen LogP contribution in [0, 0.1) is 20.8 Å². The molecule has 1 aromatic carbocycles. The summed E-state index contributed by atoms with van der Waals surface area (Å²) in [4.78, 5) is 4.28. The molecular formula is C20H26N4O. The maximum absolute atomic E-state index is 5.26. The highest BCUT2D eigenvalue weighted by Crippen LogP contribution is 2.19. The van der Waals surface area contributed by atoms with Crippen LogP contribution in [0.15, 0.2) is 41.2 Å². The van der Waals surface area contributed by atoms with Crippen molar-refractivity contribution in [2.45, 2.75) is 53.1 Å². The lowest BCUT2D eigenvalue weighted by Gasteiger charge is -2.21. The van der Waals surface area contributed by atoms with Gasteiger partial charge in [-0.2, -0.15) is 0 Å². The number of aryl methyl sites for hydroxylation is 3. The molecule has 0 amide bonds. The van der Waals surface area contributed by atoms with Crippen LogP contribution in [0.5, 0.6) is 0 Å². The number of hydrogen-bond donors (Lipinski definition) is 1. The van der Waals surface area contributed by atoms with Crippen LogP contribution >= 0.6 is 0 Å². The van der Waals surface area contributed by atoms with Gasteiger partial charge in [-0.15, -0.1) is 0 Å². The summed E-state index contributed by atoms with van der Waals surface area (Å²) < 4.78 is 7.34. The van der Waals surface area contributed by atoms with E-state index in [2.05, 4.69) is 58.1 Å². The fraction of sp³-hybridized carbons (Fsp3) is 0.400. The molecule has 2 heterocycles. The fourth-order valence-electron chi connectivity index (χ4n) is 3.26. The van der Waals surface area contributed by atoms with Gasteiger partial charge in [0.1, 0.15) is 11.6 Å². The first-order chi connectivity index (χ1) is 12.0. The van der Waals surface area contributed by atoms with Crippen LogP contribution in [0.2, 0.25) is 0 Å². The van der Waals surface area contributed by atoms with Crippen molar-refractivity contribution in [3.8, 4) is 5.69 Å². The Hall–Kier alpha value is -2.40. The smallest absolute Gasteiger partial charge is 0.137 e. The van der Waals surface area contributed by atoms with Crippen molar-refractivity contribution in [1.82, 2.24) is 20.0 Å². The summed E-state index contributed by atoms with van der Waals surface area (Å²) in [5, 5.41) is 7.70. The Balaban J connectivity index is 1.65. The largest absolute Gasteiger partial charge is 0.361 e. The number of nitrogens with zero attached hydrogens (tertiary/aromatic N) is 3. The number of rotatable bonds is 6. The highest BCUT2D eigenvalue weighted by molar-refractivity contribution is 5.36. The van der Waals surface area contributed by atoms with Gasteiger partial charge in [-0.25, -0.2) is 4.98 Å². The van der Waals surface area contributed by atoms with Crippen LogP contribution < -0.4 is 5.32 Å². The van der Waals surface area contributed by atoms with E-state index in [0.29, 0.717) is 6.04 Å². The Morgan fingerprint density at radius 2 is 1.84 bits per heavy atom. The first-order valence-corrected chi connectivity index (χ1v) is 8.73. The van der Waals surface area contributed by atoms with Crippen LogP contribution in [0.3, 0.4) is 0 Å². The van der Waals surface area contributed by atoms with Gasteiger partial charge in [0.25, 0.3) is 0 Å². The molecule has 5 heteroatoms. The van der Waals surface area contributed by atoms with Crippen molar-refractivity contribution in [2.24, 2.45) is 0 Å². The normalized spacial score (nSPS) is 13.8. The van der Waals surface area contributed by atoms with Gasteiger partial charge in [0.15, 0.2) is 0 Å². The number of aromatic nitrogens is 3. The van der Waals surface area contributed by atoms with Crippen molar-refractivity contribution < 1.29 is 4.52 Å². The van der Waals surface area contributed by atoms with E-state index in [4.69, 9.17) is 4.52 Å². The van der Waals surface area contributed by atoms with E-state index in [1.54, 1.807) is 0 Å². The highest BCUT2D eigenvalue weighted by atomic mass is 16.5. The molecule has 3 rings (SSSR count). The molecule has 0 fully saturated rings. The molecule has 0 aliphatic carbocycles. The molecule has 25 heavy (non-hydrogen) atoms. The van der Waals surface area contributed by atoms with Gasteiger partial charge in [-0.1, -0.05) is 17.3 Å². The lowest BCUT2D eigenvalue weighted by atomic mass is 10.0. The first-order valence-electron chi connectivity index (χ1n) is 8.73. The molecule has 5 nitrogen and oxygen atoms in total. The SMILES string of the molecule is Cc1noc(C)c1CC(C)NC(C)c1ccc(-n2ccnc2C)cc1. The zero-order valence-corrected chi connectivity index (χ0v) is 15.6. The molecule has 132 valence electrons. The second-order valence-corrected chi connectivity index (χ2v) is 6.73. The van der Waals surface area contributed by atoms with Crippen molar-refractivity contribution in [2.75, 3.05) is 0 Å². The maximum atomic E-state index is 5.26. The zero-order chi connectivity index (χ0) is 18.0. The second-order valence-electron chi connectivity index (χ2n) is 6.73. The lowest BCUT2D eigenvalue weighted by molar-refractivity contribution is 0.391. The standard InChI is InChI=1S/C20H26N4O/c1-13(12-20-15(3)23-25-16(20)4)22-14(2)18-6-8-19(9-7-18)24-11-10-21-17(24)5/h6-11,13-14,22H,12H2,1-5H3. The number of benzene rings is 1. The predicted octanol–water partition coefficient (Wildman–Crippen LogP) is 4.07. The molecule has 2 atom stereocenters. The quantitative estimate of drug-likeness (QED) is 0.736. The van der Waals surface area contributed by atoms with E-state index in [0.717, 1.165) is 29.4 Å². The molecule has 0 saturated heterocycles. The third kappa shape index (κ3) is 3.82. The van der Waals surface area contributed by atoms with Gasteiger partial charge >= 0.3 is 0 Å². The summed E-state index contributed by atoms with van der Waals surface area (Å²) in [5.41, 5.74) is 4.60. The van der Waals surface area contributed by atoms with E-state index in [9.17, 15) is 0 Å². The average molecular weight is 338 g/mol. The molecule has 0 aliphatic heterocycles. The summed E-state index contributed by atoms with van der Waals surface area (Å²) in [6, 6.07) is 9.24. The van der Waals surface area contributed by atoms with Crippen LogP contribution in [0.25, 0.3) is 5.69 Å². The Morgan fingerprint density at radius 1 is 1.12 bits per heavy atom. The minimum atomic E-state index is 0.272. The van der Waals surface area contributed by atoms with E-state index < -0.39 is 0 Å². The summed E-state index contributed by atoms with van der Waals surface area (Å²) in [6.07, 6.45) is 4.72. The van der Waals surface area contributed by atoms with E-state index in [-0.39, 0.29) is 6.04 Å². The molecule has 0 radical (unpaired) electrons. The Kier molecular flexibility index (Phi) is 5.04. The summed E-state index contributed by atoms with van der Waals surface area (Å²) in [7, 11) is 0. The molecular weight excluding hydrogens is 312 g/mol.